The van der Waals surface area contributed by atoms with Crippen molar-refractivity contribution in [1.29, 1.82) is 0 Å². The number of rotatable bonds is 9. The van der Waals surface area contributed by atoms with E-state index in [1.165, 1.54) is 13.0 Å². The highest BCUT2D eigenvalue weighted by molar-refractivity contribution is 5.89. The number of benzene rings is 3. The molecule has 3 aromatic carbocycles. The minimum atomic E-state index is -0.528. The molecule has 0 radical (unpaired) electrons. The Balaban J connectivity index is 1.67. The van der Waals surface area contributed by atoms with Crippen LogP contribution in [0.5, 0.6) is 17.2 Å². The lowest BCUT2D eigenvalue weighted by Crippen LogP contribution is -2.06. The summed E-state index contributed by atoms with van der Waals surface area (Å²) < 4.78 is 16.6. The third-order valence-corrected chi connectivity index (χ3v) is 4.45. The second-order valence-electron chi connectivity index (χ2n) is 6.93. The largest absolute Gasteiger partial charge is 0.496 e. The van der Waals surface area contributed by atoms with Crippen LogP contribution < -0.4 is 14.2 Å². The Hall–Kier alpha value is -3.86. The van der Waals surface area contributed by atoms with Gasteiger partial charge in [0.1, 0.15) is 18.1 Å². The molecular weight excluding hydrogens is 392 g/mol. The second kappa shape index (κ2) is 10.8. The fraction of sp³-hybridized carbons (Fsp3) is 0.154. The Bertz CT molecular complexity index is 1070. The molecule has 0 aliphatic rings. The fourth-order valence-corrected chi connectivity index (χ4v) is 3.00. The van der Waals surface area contributed by atoms with E-state index >= 15 is 0 Å². The molecule has 0 heterocycles. The molecule has 0 amide bonds. The summed E-state index contributed by atoms with van der Waals surface area (Å²) in [6.07, 6.45) is 3.24. The molecule has 0 spiro atoms. The van der Waals surface area contributed by atoms with Crippen LogP contribution in [-0.2, 0) is 22.6 Å². The number of hydrogen-bond donors (Lipinski definition) is 0. The van der Waals surface area contributed by atoms with Crippen LogP contribution in [0.2, 0.25) is 0 Å². The van der Waals surface area contributed by atoms with Crippen molar-refractivity contribution in [3.63, 3.8) is 0 Å². The van der Waals surface area contributed by atoms with Crippen LogP contribution in [0.1, 0.15) is 23.6 Å². The van der Waals surface area contributed by atoms with Gasteiger partial charge in [-0.05, 0) is 48.4 Å². The normalized spacial score (nSPS) is 10.6. The number of para-hydroxylation sites is 2. The molecule has 0 N–H and O–H groups in total. The molecule has 0 saturated heterocycles. The molecule has 0 unspecified atom stereocenters. The average molecular weight is 416 g/mol. The smallest absolute Gasteiger partial charge is 0.336 e. The Morgan fingerprint density at radius 3 is 2.29 bits per heavy atom. The van der Waals surface area contributed by atoms with E-state index in [9.17, 15) is 9.59 Å². The molecule has 0 fully saturated rings. The SMILES string of the molecule is COc1ccc(C=CC(=O)Oc2ccccc2OCc2ccccc2)cc1CC(C)=O. The van der Waals surface area contributed by atoms with E-state index in [2.05, 4.69) is 0 Å². The molecule has 0 saturated carbocycles. The Kier molecular flexibility index (Phi) is 7.60. The number of methoxy groups -OCH3 is 1. The summed E-state index contributed by atoms with van der Waals surface area (Å²) in [6, 6.07) is 22.2. The zero-order chi connectivity index (χ0) is 22.1. The minimum absolute atomic E-state index is 0.0333. The minimum Gasteiger partial charge on any atom is -0.496 e. The van der Waals surface area contributed by atoms with Crippen LogP contribution in [-0.4, -0.2) is 18.9 Å². The van der Waals surface area contributed by atoms with Gasteiger partial charge in [-0.25, -0.2) is 4.79 Å². The van der Waals surface area contributed by atoms with Gasteiger partial charge < -0.3 is 14.2 Å². The number of carbonyl (C=O) groups is 2. The van der Waals surface area contributed by atoms with Crippen molar-refractivity contribution in [3.8, 4) is 17.2 Å². The first-order valence-corrected chi connectivity index (χ1v) is 9.87. The van der Waals surface area contributed by atoms with E-state index in [4.69, 9.17) is 14.2 Å². The summed E-state index contributed by atoms with van der Waals surface area (Å²) in [4.78, 5) is 23.8. The van der Waals surface area contributed by atoms with Crippen molar-refractivity contribution in [2.45, 2.75) is 20.0 Å². The molecule has 31 heavy (non-hydrogen) atoms. The lowest BCUT2D eigenvalue weighted by atomic mass is 10.0. The van der Waals surface area contributed by atoms with Gasteiger partial charge in [-0.3, -0.25) is 4.79 Å². The Morgan fingerprint density at radius 2 is 1.58 bits per heavy atom. The molecule has 5 heteroatoms. The van der Waals surface area contributed by atoms with Gasteiger partial charge in [-0.15, -0.1) is 0 Å². The zero-order valence-corrected chi connectivity index (χ0v) is 17.5. The molecule has 3 rings (SSSR count). The predicted octanol–water partition coefficient (Wildman–Crippen LogP) is 5.02. The van der Waals surface area contributed by atoms with Gasteiger partial charge in [0.05, 0.1) is 7.11 Å². The van der Waals surface area contributed by atoms with Gasteiger partial charge >= 0.3 is 5.97 Å². The summed E-state index contributed by atoms with van der Waals surface area (Å²) in [7, 11) is 1.56. The monoisotopic (exact) mass is 416 g/mol. The summed E-state index contributed by atoms with van der Waals surface area (Å²) in [6.45, 7) is 1.90. The van der Waals surface area contributed by atoms with Gasteiger partial charge in [-0.1, -0.05) is 48.5 Å². The first-order valence-electron chi connectivity index (χ1n) is 9.87. The highest BCUT2D eigenvalue weighted by Gasteiger charge is 2.09. The average Bonchev–Trinajstić information content (AvgIpc) is 2.77. The molecule has 0 aliphatic heterocycles. The molecule has 158 valence electrons. The summed E-state index contributed by atoms with van der Waals surface area (Å²) in [5.41, 5.74) is 2.55. The highest BCUT2D eigenvalue weighted by atomic mass is 16.6. The maximum atomic E-state index is 12.4. The quantitative estimate of drug-likeness (QED) is 0.278. The molecular formula is C26H24O5. The van der Waals surface area contributed by atoms with E-state index in [-0.39, 0.29) is 12.2 Å². The van der Waals surface area contributed by atoms with Crippen molar-refractivity contribution < 1.29 is 23.8 Å². The molecule has 0 aromatic heterocycles. The lowest BCUT2D eigenvalue weighted by Gasteiger charge is -2.11. The number of esters is 1. The van der Waals surface area contributed by atoms with Gasteiger partial charge in [0.25, 0.3) is 0 Å². The maximum absolute atomic E-state index is 12.4. The van der Waals surface area contributed by atoms with E-state index in [0.29, 0.717) is 23.9 Å². The summed E-state index contributed by atoms with van der Waals surface area (Å²) in [5.74, 6) is 0.978. The predicted molar refractivity (Wildman–Crippen MR) is 119 cm³/mol. The van der Waals surface area contributed by atoms with Crippen molar-refractivity contribution in [2.75, 3.05) is 7.11 Å². The number of Topliss-reactive ketones (excluding diaryl/α,β-unsaturated/α-hetero) is 1. The fourth-order valence-electron chi connectivity index (χ4n) is 3.00. The van der Waals surface area contributed by atoms with Gasteiger partial charge in [0.15, 0.2) is 11.5 Å². The van der Waals surface area contributed by atoms with Crippen LogP contribution in [0.15, 0.2) is 78.9 Å². The van der Waals surface area contributed by atoms with E-state index in [1.54, 1.807) is 37.5 Å². The maximum Gasteiger partial charge on any atom is 0.336 e. The first kappa shape index (κ1) is 21.8. The summed E-state index contributed by atoms with van der Waals surface area (Å²) in [5, 5.41) is 0. The summed E-state index contributed by atoms with van der Waals surface area (Å²) >= 11 is 0. The first-order chi connectivity index (χ1) is 15.0. The van der Waals surface area contributed by atoms with Gasteiger partial charge in [-0.2, -0.15) is 0 Å². The molecule has 0 aliphatic carbocycles. The number of hydrogen-bond acceptors (Lipinski definition) is 5. The van der Waals surface area contributed by atoms with Crippen molar-refractivity contribution in [1.82, 2.24) is 0 Å². The lowest BCUT2D eigenvalue weighted by molar-refractivity contribution is -0.129. The van der Waals surface area contributed by atoms with Crippen LogP contribution >= 0.6 is 0 Å². The highest BCUT2D eigenvalue weighted by Crippen LogP contribution is 2.28. The van der Waals surface area contributed by atoms with Gasteiger partial charge in [0.2, 0.25) is 0 Å². The van der Waals surface area contributed by atoms with Crippen molar-refractivity contribution >= 4 is 17.8 Å². The molecule has 0 atom stereocenters. The number of carbonyl (C=O) groups excluding carboxylic acids is 2. The van der Waals surface area contributed by atoms with E-state index < -0.39 is 5.97 Å². The number of ketones is 1. The van der Waals surface area contributed by atoms with Crippen LogP contribution in [0.3, 0.4) is 0 Å². The third-order valence-electron chi connectivity index (χ3n) is 4.45. The van der Waals surface area contributed by atoms with E-state index in [1.807, 2.05) is 48.5 Å². The molecule has 3 aromatic rings. The molecule has 0 bridgehead atoms. The topological polar surface area (TPSA) is 61.8 Å². The van der Waals surface area contributed by atoms with Gasteiger partial charge in [0, 0.05) is 18.1 Å². The Morgan fingerprint density at radius 1 is 0.871 bits per heavy atom. The van der Waals surface area contributed by atoms with E-state index in [0.717, 1.165) is 16.7 Å². The number of ether oxygens (including phenoxy) is 3. The zero-order valence-electron chi connectivity index (χ0n) is 17.5. The second-order valence-corrected chi connectivity index (χ2v) is 6.93. The van der Waals surface area contributed by atoms with Crippen LogP contribution in [0, 0.1) is 0 Å². The van der Waals surface area contributed by atoms with Crippen molar-refractivity contribution in [2.24, 2.45) is 0 Å². The van der Waals surface area contributed by atoms with Crippen LogP contribution in [0.25, 0.3) is 6.08 Å². The third kappa shape index (κ3) is 6.57. The van der Waals surface area contributed by atoms with Crippen LogP contribution in [0.4, 0.5) is 0 Å². The molecule has 5 nitrogen and oxygen atoms in total. The Labute approximate surface area is 181 Å². The standard InChI is InChI=1S/C26H24O5/c1-19(27)16-22-17-20(12-14-23(22)29-2)13-15-26(28)31-25-11-7-6-10-24(25)30-18-21-8-4-3-5-9-21/h3-15,17H,16,18H2,1-2H3. The van der Waals surface area contributed by atoms with Crippen molar-refractivity contribution in [3.05, 3.63) is 95.6 Å².